The summed E-state index contributed by atoms with van der Waals surface area (Å²) in [4.78, 5) is 19.5. The zero-order valence-corrected chi connectivity index (χ0v) is 16.8. The first kappa shape index (κ1) is 20.3. The molecule has 1 aliphatic heterocycles. The molecule has 26 heavy (non-hydrogen) atoms. The van der Waals surface area contributed by atoms with Crippen molar-refractivity contribution in [2.75, 3.05) is 24.5 Å². The van der Waals surface area contributed by atoms with Crippen molar-refractivity contribution in [2.24, 2.45) is 5.73 Å². The van der Waals surface area contributed by atoms with Crippen LogP contribution in [0.4, 0.5) is 5.69 Å². The Hall–Kier alpha value is -1.98. The largest absolute Gasteiger partial charge is 0.370 e. The summed E-state index contributed by atoms with van der Waals surface area (Å²) < 4.78 is 1.10. The van der Waals surface area contributed by atoms with Crippen LogP contribution in [0.25, 0.3) is 20.8 Å². The average molecular weight is 372 g/mol. The highest BCUT2D eigenvalue weighted by atomic mass is 32.1. The molecule has 0 spiro atoms. The predicted molar refractivity (Wildman–Crippen MR) is 115 cm³/mol. The van der Waals surface area contributed by atoms with E-state index < -0.39 is 0 Å². The molecule has 0 aromatic heterocycles. The van der Waals surface area contributed by atoms with Gasteiger partial charge in [-0.1, -0.05) is 33.6 Å². The van der Waals surface area contributed by atoms with Crippen LogP contribution in [0.5, 0.6) is 0 Å². The molecule has 2 N–H and O–H groups in total. The number of unbranched alkanes of at least 4 members (excludes halogenated alkanes) is 1. The molecule has 140 valence electrons. The Kier molecular flexibility index (Phi) is 8.01. The molecule has 1 aliphatic carbocycles. The summed E-state index contributed by atoms with van der Waals surface area (Å²) in [6, 6.07) is 11.4. The van der Waals surface area contributed by atoms with Crippen LogP contribution in [-0.2, 0) is 0 Å². The van der Waals surface area contributed by atoms with Gasteiger partial charge in [0.1, 0.15) is 0 Å². The van der Waals surface area contributed by atoms with E-state index in [2.05, 4.69) is 48.9 Å². The molecule has 5 heteroatoms. The third kappa shape index (κ3) is 5.26. The lowest BCUT2D eigenvalue weighted by molar-refractivity contribution is 0.716. The van der Waals surface area contributed by atoms with Gasteiger partial charge < -0.3 is 10.6 Å². The van der Waals surface area contributed by atoms with Gasteiger partial charge in [0, 0.05) is 31.4 Å². The number of aromatic nitrogens is 1. The highest BCUT2D eigenvalue weighted by Crippen LogP contribution is 2.31. The summed E-state index contributed by atoms with van der Waals surface area (Å²) in [5.74, 6) is 0. The van der Waals surface area contributed by atoms with E-state index in [0.717, 1.165) is 46.7 Å². The number of rotatable bonds is 6. The normalized spacial score (nSPS) is 10.6. The minimum atomic E-state index is 0.0266. The molecule has 0 saturated heterocycles. The van der Waals surface area contributed by atoms with Gasteiger partial charge in [-0.15, -0.1) is 11.3 Å². The van der Waals surface area contributed by atoms with Gasteiger partial charge in [0.15, 0.2) is 5.43 Å². The summed E-state index contributed by atoms with van der Waals surface area (Å²) in [5.41, 5.74) is 8.80. The maximum absolute atomic E-state index is 11.6. The minimum Gasteiger partial charge on any atom is -0.370 e. The fraction of sp³-hybridized carbons (Fsp3) is 0.429. The van der Waals surface area contributed by atoms with Crippen LogP contribution in [0.1, 0.15) is 40.0 Å². The Bertz CT molecular complexity index is 846. The SMILES string of the molecule is CCC.CCCCN(CCN)c1ccc2nc3ccc(=O)cc-3sc2c1. The molecule has 2 aliphatic rings. The number of benzene rings is 2. The Morgan fingerprint density at radius 2 is 1.85 bits per heavy atom. The predicted octanol–water partition coefficient (Wildman–Crippen LogP) is 4.74. The van der Waals surface area contributed by atoms with Gasteiger partial charge in [0.2, 0.25) is 0 Å². The second kappa shape index (κ2) is 10.2. The zero-order chi connectivity index (χ0) is 18.9. The van der Waals surface area contributed by atoms with Crippen molar-refractivity contribution in [1.82, 2.24) is 4.98 Å². The molecule has 1 aromatic carbocycles. The van der Waals surface area contributed by atoms with Gasteiger partial charge in [-0.05, 0) is 36.8 Å². The molecule has 4 nitrogen and oxygen atoms in total. The number of hydrogen-bond donors (Lipinski definition) is 1. The van der Waals surface area contributed by atoms with Crippen LogP contribution in [0.3, 0.4) is 0 Å². The van der Waals surface area contributed by atoms with Crippen LogP contribution >= 0.6 is 11.3 Å². The van der Waals surface area contributed by atoms with E-state index in [9.17, 15) is 4.79 Å². The second-order valence-corrected chi connectivity index (χ2v) is 7.42. The quantitative estimate of drug-likeness (QED) is 0.636. The molecule has 0 atom stereocenters. The summed E-state index contributed by atoms with van der Waals surface area (Å²) in [5, 5.41) is 0. The van der Waals surface area contributed by atoms with Crippen molar-refractivity contribution >= 4 is 27.2 Å². The van der Waals surface area contributed by atoms with Gasteiger partial charge in [-0.3, -0.25) is 4.79 Å². The van der Waals surface area contributed by atoms with Crippen molar-refractivity contribution in [1.29, 1.82) is 0 Å². The average Bonchev–Trinajstić information content (AvgIpc) is 2.63. The van der Waals surface area contributed by atoms with Crippen molar-refractivity contribution < 1.29 is 0 Å². The lowest BCUT2D eigenvalue weighted by Gasteiger charge is -2.24. The third-order valence-electron chi connectivity index (χ3n) is 3.88. The number of fused-ring (bicyclic) bond motifs is 2. The van der Waals surface area contributed by atoms with E-state index in [1.165, 1.54) is 12.1 Å². The van der Waals surface area contributed by atoms with Gasteiger partial charge in [-0.2, -0.15) is 0 Å². The highest BCUT2D eigenvalue weighted by molar-refractivity contribution is 7.21. The fourth-order valence-electron chi connectivity index (χ4n) is 2.67. The van der Waals surface area contributed by atoms with Crippen LogP contribution in [0.15, 0.2) is 41.2 Å². The molecule has 0 bridgehead atoms. The molecule has 0 unspecified atom stereocenters. The van der Waals surface area contributed by atoms with E-state index in [1.807, 2.05) is 0 Å². The lowest BCUT2D eigenvalue weighted by atomic mass is 10.2. The van der Waals surface area contributed by atoms with Crippen molar-refractivity contribution in [3.63, 3.8) is 0 Å². The Balaban J connectivity index is 0.000000758. The maximum atomic E-state index is 11.6. The van der Waals surface area contributed by atoms with Crippen LogP contribution in [-0.4, -0.2) is 24.6 Å². The van der Waals surface area contributed by atoms with E-state index in [-0.39, 0.29) is 5.43 Å². The first-order valence-corrected chi connectivity index (χ1v) is 10.2. The van der Waals surface area contributed by atoms with Crippen molar-refractivity contribution in [3.8, 4) is 10.6 Å². The van der Waals surface area contributed by atoms with E-state index in [4.69, 9.17) is 5.73 Å². The van der Waals surface area contributed by atoms with E-state index in [0.29, 0.717) is 6.54 Å². The molecule has 1 aromatic rings. The van der Waals surface area contributed by atoms with Crippen molar-refractivity contribution in [3.05, 3.63) is 46.6 Å². The first-order valence-electron chi connectivity index (χ1n) is 9.42. The maximum Gasteiger partial charge on any atom is 0.180 e. The van der Waals surface area contributed by atoms with E-state index in [1.54, 1.807) is 29.5 Å². The molecular weight excluding hydrogens is 342 g/mol. The molecular formula is C21H29N3OS. The number of anilines is 1. The second-order valence-electron chi connectivity index (χ2n) is 6.33. The van der Waals surface area contributed by atoms with Gasteiger partial charge >= 0.3 is 0 Å². The molecule has 0 fully saturated rings. The Labute approximate surface area is 160 Å². The Morgan fingerprint density at radius 3 is 2.54 bits per heavy atom. The molecule has 0 amide bonds. The van der Waals surface area contributed by atoms with Crippen LogP contribution < -0.4 is 16.1 Å². The number of nitrogens with zero attached hydrogens (tertiary/aromatic N) is 2. The first-order chi connectivity index (χ1) is 12.6. The summed E-state index contributed by atoms with van der Waals surface area (Å²) in [6.45, 7) is 8.94. The smallest absolute Gasteiger partial charge is 0.180 e. The number of nitrogens with two attached hydrogens (primary N) is 1. The molecule has 1 heterocycles. The third-order valence-corrected chi connectivity index (χ3v) is 4.98. The molecule has 0 radical (unpaired) electrons. The van der Waals surface area contributed by atoms with Gasteiger partial charge in [0.25, 0.3) is 0 Å². The van der Waals surface area contributed by atoms with Crippen LogP contribution in [0.2, 0.25) is 0 Å². The van der Waals surface area contributed by atoms with E-state index >= 15 is 0 Å². The highest BCUT2D eigenvalue weighted by Gasteiger charge is 2.10. The standard InChI is InChI=1S/C18H21N3OS.C3H8/c1-2-3-9-21(10-8-19)13-4-6-15-17(11-13)23-18-12-14(22)5-7-16(18)20-15;1-3-2/h4-7,11-12H,2-3,8-10,19H2,1H3;3H2,1-2H3. The molecule has 3 rings (SSSR count). The zero-order valence-electron chi connectivity index (χ0n) is 16.0. The Morgan fingerprint density at radius 1 is 1.08 bits per heavy atom. The fourth-order valence-corrected chi connectivity index (χ4v) is 3.69. The summed E-state index contributed by atoms with van der Waals surface area (Å²) in [7, 11) is 0. The minimum absolute atomic E-state index is 0.0266. The summed E-state index contributed by atoms with van der Waals surface area (Å²) >= 11 is 1.62. The van der Waals surface area contributed by atoms with Gasteiger partial charge in [-0.25, -0.2) is 4.98 Å². The lowest BCUT2D eigenvalue weighted by Crippen LogP contribution is -2.30. The number of hydrogen-bond acceptors (Lipinski definition) is 5. The summed E-state index contributed by atoms with van der Waals surface area (Å²) in [6.07, 6.45) is 3.56. The van der Waals surface area contributed by atoms with Crippen molar-refractivity contribution in [2.45, 2.75) is 40.0 Å². The monoisotopic (exact) mass is 371 g/mol. The van der Waals surface area contributed by atoms with Gasteiger partial charge in [0.05, 0.1) is 20.8 Å². The van der Waals surface area contributed by atoms with Crippen LogP contribution in [0, 0.1) is 0 Å². The molecule has 0 saturated carbocycles. The topological polar surface area (TPSA) is 59.2 Å².